The number of rotatable bonds is 2. The number of halogens is 2. The standard InChI is InChI=1S/C13H9BrClN3O/c14-9-6-8(2-3-10(9)15)17-13-18-11-4-1-7(16)5-12(11)19-13/h1-6H,16H2,(H,17,18). The quantitative estimate of drug-likeness (QED) is 0.672. The topological polar surface area (TPSA) is 64.1 Å². The molecule has 3 N–H and O–H groups in total. The Morgan fingerprint density at radius 1 is 1.21 bits per heavy atom. The summed E-state index contributed by atoms with van der Waals surface area (Å²) in [5, 5.41) is 3.72. The van der Waals surface area contributed by atoms with E-state index in [1.54, 1.807) is 18.2 Å². The molecule has 0 spiro atoms. The first kappa shape index (κ1) is 12.3. The van der Waals surface area contributed by atoms with Gasteiger partial charge in [0.15, 0.2) is 5.58 Å². The van der Waals surface area contributed by atoms with Crippen LogP contribution in [0, 0.1) is 0 Å². The molecular weight excluding hydrogens is 330 g/mol. The fraction of sp³-hybridized carbons (Fsp3) is 0. The first-order valence-electron chi connectivity index (χ1n) is 5.50. The molecule has 0 saturated carbocycles. The van der Waals surface area contributed by atoms with Crippen LogP contribution < -0.4 is 11.1 Å². The maximum Gasteiger partial charge on any atom is 0.300 e. The van der Waals surface area contributed by atoms with Crippen molar-refractivity contribution in [1.82, 2.24) is 4.98 Å². The van der Waals surface area contributed by atoms with Gasteiger partial charge in [0.2, 0.25) is 0 Å². The van der Waals surface area contributed by atoms with Crippen LogP contribution >= 0.6 is 27.5 Å². The summed E-state index contributed by atoms with van der Waals surface area (Å²) < 4.78 is 6.38. The minimum atomic E-state index is 0.412. The van der Waals surface area contributed by atoms with Gasteiger partial charge >= 0.3 is 0 Å². The van der Waals surface area contributed by atoms with E-state index in [-0.39, 0.29) is 0 Å². The molecule has 3 rings (SSSR count). The molecule has 0 aliphatic carbocycles. The number of nitrogen functional groups attached to an aromatic ring is 1. The Bertz CT molecular complexity index is 757. The van der Waals surface area contributed by atoms with Crippen LogP contribution in [0.2, 0.25) is 5.02 Å². The largest absolute Gasteiger partial charge is 0.423 e. The molecule has 0 atom stereocenters. The molecule has 19 heavy (non-hydrogen) atoms. The Morgan fingerprint density at radius 3 is 2.84 bits per heavy atom. The zero-order chi connectivity index (χ0) is 13.4. The number of benzene rings is 2. The fourth-order valence-corrected chi connectivity index (χ4v) is 2.19. The molecule has 0 fully saturated rings. The second-order valence-electron chi connectivity index (χ2n) is 4.00. The predicted octanol–water partition coefficient (Wildman–Crippen LogP) is 4.57. The third-order valence-corrected chi connectivity index (χ3v) is 3.80. The fourth-order valence-electron chi connectivity index (χ4n) is 1.69. The average Bonchev–Trinajstić information content (AvgIpc) is 2.75. The van der Waals surface area contributed by atoms with E-state index in [9.17, 15) is 0 Å². The summed E-state index contributed by atoms with van der Waals surface area (Å²) in [7, 11) is 0. The molecule has 0 saturated heterocycles. The normalized spacial score (nSPS) is 10.8. The van der Waals surface area contributed by atoms with Crippen LogP contribution in [-0.2, 0) is 0 Å². The molecule has 0 unspecified atom stereocenters. The van der Waals surface area contributed by atoms with Gasteiger partial charge in [-0.3, -0.25) is 0 Å². The van der Waals surface area contributed by atoms with E-state index in [1.165, 1.54) is 0 Å². The van der Waals surface area contributed by atoms with Crippen molar-refractivity contribution in [3.8, 4) is 0 Å². The van der Waals surface area contributed by atoms with Crippen molar-refractivity contribution in [3.05, 3.63) is 45.9 Å². The summed E-state index contributed by atoms with van der Waals surface area (Å²) in [4.78, 5) is 4.32. The molecule has 1 heterocycles. The molecule has 0 aliphatic rings. The lowest BCUT2D eigenvalue weighted by Crippen LogP contribution is -1.89. The highest BCUT2D eigenvalue weighted by Gasteiger charge is 2.07. The summed E-state index contributed by atoms with van der Waals surface area (Å²) >= 11 is 9.30. The van der Waals surface area contributed by atoms with Gasteiger partial charge in [-0.25, -0.2) is 0 Å². The SMILES string of the molecule is Nc1ccc2nc(Nc3ccc(Cl)c(Br)c3)oc2c1. The number of hydrogen-bond donors (Lipinski definition) is 2. The van der Waals surface area contributed by atoms with Crippen LogP contribution in [0.3, 0.4) is 0 Å². The van der Waals surface area contributed by atoms with E-state index in [4.69, 9.17) is 21.8 Å². The van der Waals surface area contributed by atoms with Crippen LogP contribution in [0.4, 0.5) is 17.4 Å². The number of nitrogens with two attached hydrogens (primary N) is 1. The van der Waals surface area contributed by atoms with Crippen molar-refractivity contribution in [1.29, 1.82) is 0 Å². The minimum absolute atomic E-state index is 0.412. The van der Waals surface area contributed by atoms with Crippen LogP contribution in [0.5, 0.6) is 0 Å². The Labute approximate surface area is 122 Å². The summed E-state index contributed by atoms with van der Waals surface area (Å²) in [6.45, 7) is 0. The zero-order valence-corrected chi connectivity index (χ0v) is 12.0. The van der Waals surface area contributed by atoms with E-state index in [2.05, 4.69) is 26.2 Å². The van der Waals surface area contributed by atoms with E-state index in [0.29, 0.717) is 22.3 Å². The van der Waals surface area contributed by atoms with E-state index < -0.39 is 0 Å². The van der Waals surface area contributed by atoms with Gasteiger partial charge in [0.1, 0.15) is 5.52 Å². The third-order valence-electron chi connectivity index (χ3n) is 2.58. The Hall–Kier alpha value is -1.72. The molecule has 0 bridgehead atoms. The number of hydrogen-bond acceptors (Lipinski definition) is 4. The van der Waals surface area contributed by atoms with Crippen LogP contribution in [0.25, 0.3) is 11.1 Å². The number of nitrogens with zero attached hydrogens (tertiary/aromatic N) is 1. The smallest absolute Gasteiger partial charge is 0.300 e. The number of oxazole rings is 1. The first-order chi connectivity index (χ1) is 9.11. The lowest BCUT2D eigenvalue weighted by Gasteiger charge is -2.02. The molecule has 3 aromatic rings. The number of anilines is 3. The maximum atomic E-state index is 5.94. The van der Waals surface area contributed by atoms with Crippen molar-refractivity contribution in [2.45, 2.75) is 0 Å². The van der Waals surface area contributed by atoms with Gasteiger partial charge in [0.25, 0.3) is 6.01 Å². The van der Waals surface area contributed by atoms with Crippen molar-refractivity contribution >= 4 is 56.0 Å². The Morgan fingerprint density at radius 2 is 2.05 bits per heavy atom. The lowest BCUT2D eigenvalue weighted by atomic mass is 10.3. The third kappa shape index (κ3) is 2.52. The van der Waals surface area contributed by atoms with Crippen molar-refractivity contribution in [2.75, 3.05) is 11.1 Å². The second-order valence-corrected chi connectivity index (χ2v) is 5.26. The molecule has 1 aromatic heterocycles. The first-order valence-corrected chi connectivity index (χ1v) is 6.67. The predicted molar refractivity (Wildman–Crippen MR) is 80.9 cm³/mol. The molecule has 96 valence electrons. The second kappa shape index (κ2) is 4.75. The Kier molecular flexibility index (Phi) is 3.08. The van der Waals surface area contributed by atoms with Gasteiger partial charge in [-0.05, 0) is 46.3 Å². The highest BCUT2D eigenvalue weighted by molar-refractivity contribution is 9.10. The molecule has 0 radical (unpaired) electrons. The summed E-state index contributed by atoms with van der Waals surface area (Å²) in [5.74, 6) is 0. The highest BCUT2D eigenvalue weighted by atomic mass is 79.9. The molecule has 0 amide bonds. The molecule has 0 aliphatic heterocycles. The van der Waals surface area contributed by atoms with Crippen molar-refractivity contribution in [3.63, 3.8) is 0 Å². The highest BCUT2D eigenvalue weighted by Crippen LogP contribution is 2.28. The summed E-state index contributed by atoms with van der Waals surface area (Å²) in [6.07, 6.45) is 0. The van der Waals surface area contributed by atoms with Gasteiger partial charge in [0.05, 0.1) is 5.02 Å². The minimum Gasteiger partial charge on any atom is -0.423 e. The van der Waals surface area contributed by atoms with Crippen LogP contribution in [0.1, 0.15) is 0 Å². The Balaban J connectivity index is 1.94. The van der Waals surface area contributed by atoms with Gasteiger partial charge in [-0.2, -0.15) is 4.98 Å². The summed E-state index contributed by atoms with van der Waals surface area (Å²) in [5.41, 5.74) is 8.57. The van der Waals surface area contributed by atoms with E-state index >= 15 is 0 Å². The number of aromatic nitrogens is 1. The lowest BCUT2D eigenvalue weighted by molar-refractivity contribution is 0.623. The van der Waals surface area contributed by atoms with Gasteiger partial charge in [-0.1, -0.05) is 11.6 Å². The number of fused-ring (bicyclic) bond motifs is 1. The molecule has 4 nitrogen and oxygen atoms in total. The molecule has 2 aromatic carbocycles. The molecule has 6 heteroatoms. The van der Waals surface area contributed by atoms with Gasteiger partial charge in [-0.15, -0.1) is 0 Å². The van der Waals surface area contributed by atoms with Crippen molar-refractivity contribution < 1.29 is 4.42 Å². The van der Waals surface area contributed by atoms with Crippen LogP contribution in [-0.4, -0.2) is 4.98 Å². The van der Waals surface area contributed by atoms with Gasteiger partial charge < -0.3 is 15.5 Å². The van der Waals surface area contributed by atoms with E-state index in [0.717, 1.165) is 15.7 Å². The average molecular weight is 339 g/mol. The molecular formula is C13H9BrClN3O. The number of nitrogens with one attached hydrogen (secondary N) is 1. The van der Waals surface area contributed by atoms with Gasteiger partial charge in [0, 0.05) is 21.9 Å². The monoisotopic (exact) mass is 337 g/mol. The van der Waals surface area contributed by atoms with Crippen molar-refractivity contribution in [2.24, 2.45) is 0 Å². The van der Waals surface area contributed by atoms with E-state index in [1.807, 2.05) is 18.2 Å². The summed E-state index contributed by atoms with van der Waals surface area (Å²) in [6, 6.07) is 11.2. The van der Waals surface area contributed by atoms with Crippen LogP contribution in [0.15, 0.2) is 45.3 Å². The zero-order valence-electron chi connectivity index (χ0n) is 9.65. The maximum absolute atomic E-state index is 5.94.